The first kappa shape index (κ1) is 21.7. The summed E-state index contributed by atoms with van der Waals surface area (Å²) in [4.78, 5) is 14.4. The summed E-state index contributed by atoms with van der Waals surface area (Å²) in [6.07, 6.45) is 0.227. The minimum absolute atomic E-state index is 0.0981. The van der Waals surface area contributed by atoms with Gasteiger partial charge in [-0.25, -0.2) is 0 Å². The van der Waals surface area contributed by atoms with Crippen molar-refractivity contribution >= 4 is 35.0 Å². The number of nitriles is 1. The third-order valence-corrected chi connectivity index (χ3v) is 5.08. The first-order chi connectivity index (χ1) is 14.6. The first-order valence-corrected chi connectivity index (χ1v) is 10.6. The summed E-state index contributed by atoms with van der Waals surface area (Å²) < 4.78 is 11.1. The van der Waals surface area contributed by atoms with E-state index < -0.39 is 0 Å². The number of hydrogen-bond acceptors (Lipinski definition) is 7. The predicted molar refractivity (Wildman–Crippen MR) is 116 cm³/mol. The molecule has 3 rings (SSSR count). The maximum Gasteiger partial charge on any atom is 0.277 e. The van der Waals surface area contributed by atoms with E-state index in [2.05, 4.69) is 16.3 Å². The van der Waals surface area contributed by atoms with Gasteiger partial charge >= 0.3 is 0 Å². The molecular weight excluding hydrogens is 424 g/mol. The van der Waals surface area contributed by atoms with Crippen LogP contribution in [0.5, 0.6) is 5.75 Å². The SMILES string of the molecule is CCOc1ccc(N(CCC#N)C(=O)CSc2nnc(-c3ccc(Cl)cc3)o2)cc1. The second-order valence-electron chi connectivity index (χ2n) is 6.05. The summed E-state index contributed by atoms with van der Waals surface area (Å²) in [5.41, 5.74) is 1.45. The van der Waals surface area contributed by atoms with Crippen molar-refractivity contribution in [2.75, 3.05) is 23.8 Å². The van der Waals surface area contributed by atoms with Gasteiger partial charge in [-0.1, -0.05) is 23.4 Å². The maximum atomic E-state index is 12.8. The highest BCUT2D eigenvalue weighted by atomic mass is 35.5. The van der Waals surface area contributed by atoms with Crippen LogP contribution in [0, 0.1) is 11.3 Å². The number of hydrogen-bond donors (Lipinski definition) is 0. The number of amides is 1. The highest BCUT2D eigenvalue weighted by molar-refractivity contribution is 7.99. The number of rotatable bonds is 9. The Labute approximate surface area is 183 Å². The number of carbonyl (C=O) groups excluding carboxylic acids is 1. The Hall–Kier alpha value is -3.02. The van der Waals surface area contributed by atoms with Crippen LogP contribution in [0.1, 0.15) is 13.3 Å². The minimum atomic E-state index is -0.161. The van der Waals surface area contributed by atoms with Crippen LogP contribution >= 0.6 is 23.4 Å². The van der Waals surface area contributed by atoms with E-state index in [1.54, 1.807) is 53.4 Å². The zero-order valence-electron chi connectivity index (χ0n) is 16.2. The molecule has 0 saturated heterocycles. The zero-order valence-corrected chi connectivity index (χ0v) is 17.8. The molecule has 0 bridgehead atoms. The number of halogens is 1. The molecule has 0 unspecified atom stereocenters. The van der Waals surface area contributed by atoms with E-state index in [0.717, 1.165) is 23.1 Å². The third-order valence-electron chi connectivity index (χ3n) is 4.02. The summed E-state index contributed by atoms with van der Waals surface area (Å²) >= 11 is 7.04. The number of anilines is 1. The molecule has 3 aromatic rings. The van der Waals surface area contributed by atoms with E-state index >= 15 is 0 Å². The second kappa shape index (κ2) is 10.7. The number of thioether (sulfide) groups is 1. The van der Waals surface area contributed by atoms with Crippen molar-refractivity contribution in [2.45, 2.75) is 18.6 Å². The van der Waals surface area contributed by atoms with Crippen LogP contribution < -0.4 is 9.64 Å². The molecule has 1 heterocycles. The molecule has 1 aromatic heterocycles. The van der Waals surface area contributed by atoms with E-state index in [4.69, 9.17) is 26.0 Å². The predicted octanol–water partition coefficient (Wildman–Crippen LogP) is 4.83. The lowest BCUT2D eigenvalue weighted by Gasteiger charge is -2.21. The molecular formula is C21H19ClN4O3S. The molecule has 154 valence electrons. The molecule has 0 radical (unpaired) electrons. The van der Waals surface area contributed by atoms with Gasteiger partial charge in [0, 0.05) is 22.8 Å². The van der Waals surface area contributed by atoms with Gasteiger partial charge in [-0.2, -0.15) is 5.26 Å². The van der Waals surface area contributed by atoms with Gasteiger partial charge in [0.2, 0.25) is 11.8 Å². The molecule has 0 aliphatic heterocycles. The van der Waals surface area contributed by atoms with Crippen LogP contribution in [-0.2, 0) is 4.79 Å². The number of aromatic nitrogens is 2. The molecule has 0 aliphatic carbocycles. The number of carbonyl (C=O) groups is 1. The number of benzene rings is 2. The van der Waals surface area contributed by atoms with E-state index in [-0.39, 0.29) is 18.1 Å². The van der Waals surface area contributed by atoms with Crippen molar-refractivity contribution in [3.05, 3.63) is 53.6 Å². The minimum Gasteiger partial charge on any atom is -0.494 e. The largest absolute Gasteiger partial charge is 0.494 e. The maximum absolute atomic E-state index is 12.8. The highest BCUT2D eigenvalue weighted by Gasteiger charge is 2.18. The molecule has 0 atom stereocenters. The van der Waals surface area contributed by atoms with Gasteiger partial charge in [0.1, 0.15) is 5.75 Å². The average molecular weight is 443 g/mol. The molecule has 0 N–H and O–H groups in total. The summed E-state index contributed by atoms with van der Waals surface area (Å²) in [5, 5.41) is 17.8. The van der Waals surface area contributed by atoms with Crippen molar-refractivity contribution in [1.82, 2.24) is 10.2 Å². The van der Waals surface area contributed by atoms with Crippen molar-refractivity contribution in [1.29, 1.82) is 5.26 Å². The Kier molecular flexibility index (Phi) is 7.71. The lowest BCUT2D eigenvalue weighted by molar-refractivity contribution is -0.116. The standard InChI is InChI=1S/C21H19ClN4O3S/c1-2-28-18-10-8-17(9-11-18)26(13-3-12-23)19(27)14-30-21-25-24-20(29-21)15-4-6-16(22)7-5-15/h4-11H,2-3,13-14H2,1H3. The van der Waals surface area contributed by atoms with Gasteiger partial charge in [0.15, 0.2) is 0 Å². The van der Waals surface area contributed by atoms with E-state index in [1.807, 2.05) is 6.92 Å². The lowest BCUT2D eigenvalue weighted by atomic mass is 10.2. The van der Waals surface area contributed by atoms with E-state index in [9.17, 15) is 4.79 Å². The topological polar surface area (TPSA) is 92.2 Å². The molecule has 7 nitrogen and oxygen atoms in total. The Morgan fingerprint density at radius 2 is 1.93 bits per heavy atom. The fourth-order valence-corrected chi connectivity index (χ4v) is 3.39. The van der Waals surface area contributed by atoms with Crippen LogP contribution in [0.25, 0.3) is 11.5 Å². The molecule has 9 heteroatoms. The fraction of sp³-hybridized carbons (Fsp3) is 0.238. The van der Waals surface area contributed by atoms with Crippen LogP contribution in [-0.4, -0.2) is 35.0 Å². The fourth-order valence-electron chi connectivity index (χ4n) is 2.63. The molecule has 30 heavy (non-hydrogen) atoms. The average Bonchev–Trinajstić information content (AvgIpc) is 3.23. The third kappa shape index (κ3) is 5.75. The van der Waals surface area contributed by atoms with E-state index in [1.165, 1.54) is 0 Å². The summed E-state index contributed by atoms with van der Waals surface area (Å²) in [5.74, 6) is 1.02. The Bertz CT molecular complexity index is 1020. The second-order valence-corrected chi connectivity index (χ2v) is 7.41. The van der Waals surface area contributed by atoms with Gasteiger partial charge in [-0.05, 0) is 55.5 Å². The quantitative estimate of drug-likeness (QED) is 0.438. The van der Waals surface area contributed by atoms with Crippen LogP contribution in [0.15, 0.2) is 58.2 Å². The van der Waals surface area contributed by atoms with E-state index in [0.29, 0.717) is 35.0 Å². The van der Waals surface area contributed by atoms with Crippen LogP contribution in [0.2, 0.25) is 5.02 Å². The molecule has 0 spiro atoms. The Morgan fingerprint density at radius 1 is 1.20 bits per heavy atom. The van der Waals surface area contributed by atoms with Crippen LogP contribution in [0.3, 0.4) is 0 Å². The monoisotopic (exact) mass is 442 g/mol. The van der Waals surface area contributed by atoms with Crippen molar-refractivity contribution in [2.24, 2.45) is 0 Å². The molecule has 0 saturated carbocycles. The van der Waals surface area contributed by atoms with Crippen molar-refractivity contribution < 1.29 is 13.9 Å². The van der Waals surface area contributed by atoms with Gasteiger partial charge in [0.05, 0.1) is 24.8 Å². The van der Waals surface area contributed by atoms with Gasteiger partial charge in [-0.3, -0.25) is 4.79 Å². The molecule has 2 aromatic carbocycles. The van der Waals surface area contributed by atoms with Gasteiger partial charge < -0.3 is 14.1 Å². The molecule has 0 fully saturated rings. The van der Waals surface area contributed by atoms with Crippen LogP contribution in [0.4, 0.5) is 5.69 Å². The number of ether oxygens (including phenoxy) is 1. The van der Waals surface area contributed by atoms with Gasteiger partial charge in [-0.15, -0.1) is 10.2 Å². The number of nitrogens with zero attached hydrogens (tertiary/aromatic N) is 4. The summed E-state index contributed by atoms with van der Waals surface area (Å²) in [7, 11) is 0. The molecule has 0 aliphatic rings. The lowest BCUT2D eigenvalue weighted by Crippen LogP contribution is -2.33. The Morgan fingerprint density at radius 3 is 2.60 bits per heavy atom. The normalized spacial score (nSPS) is 10.4. The van der Waals surface area contributed by atoms with Crippen molar-refractivity contribution in [3.8, 4) is 23.3 Å². The van der Waals surface area contributed by atoms with Crippen molar-refractivity contribution in [3.63, 3.8) is 0 Å². The van der Waals surface area contributed by atoms with Gasteiger partial charge in [0.25, 0.3) is 5.22 Å². The zero-order chi connectivity index (χ0) is 21.3. The molecule has 1 amide bonds. The summed E-state index contributed by atoms with van der Waals surface area (Å²) in [6, 6.07) is 16.3. The highest BCUT2D eigenvalue weighted by Crippen LogP contribution is 2.26. The summed E-state index contributed by atoms with van der Waals surface area (Å²) in [6.45, 7) is 2.77. The first-order valence-electron chi connectivity index (χ1n) is 9.23. The Balaban J connectivity index is 1.65. The smallest absolute Gasteiger partial charge is 0.277 e.